The van der Waals surface area contributed by atoms with Gasteiger partial charge in [-0.1, -0.05) is 32.9 Å². The number of carboxylic acid groups (broad SMARTS) is 1. The van der Waals surface area contributed by atoms with Gasteiger partial charge < -0.3 is 10.4 Å². The second-order valence-corrected chi connectivity index (χ2v) is 5.04. The van der Waals surface area contributed by atoms with Gasteiger partial charge in [-0.3, -0.25) is 4.79 Å². The maximum absolute atomic E-state index is 11.1. The van der Waals surface area contributed by atoms with Crippen molar-refractivity contribution in [3.8, 4) is 0 Å². The van der Waals surface area contributed by atoms with Crippen LogP contribution in [0.1, 0.15) is 31.9 Å². The maximum Gasteiger partial charge on any atom is 0.394 e. The number of benzene rings is 1. The highest BCUT2D eigenvalue weighted by molar-refractivity contribution is 6.36. The standard InChI is InChI=1S/C13H17NO3/c1-8-5-6-9(13(2,3)4)7-10(8)14-11(15)12(16)17/h5-7H,1-4H3,(H,14,15)(H,16,17). The van der Waals surface area contributed by atoms with Crippen molar-refractivity contribution in [3.05, 3.63) is 29.3 Å². The molecule has 4 nitrogen and oxygen atoms in total. The number of aliphatic carboxylic acids is 1. The van der Waals surface area contributed by atoms with Crippen LogP contribution in [0.5, 0.6) is 0 Å². The normalized spacial score (nSPS) is 11.1. The van der Waals surface area contributed by atoms with Crippen LogP contribution in [0, 0.1) is 6.92 Å². The van der Waals surface area contributed by atoms with Crippen molar-refractivity contribution in [2.24, 2.45) is 0 Å². The van der Waals surface area contributed by atoms with Gasteiger partial charge in [0.1, 0.15) is 0 Å². The molecule has 17 heavy (non-hydrogen) atoms. The van der Waals surface area contributed by atoms with Crippen molar-refractivity contribution >= 4 is 17.6 Å². The van der Waals surface area contributed by atoms with Crippen molar-refractivity contribution in [1.29, 1.82) is 0 Å². The van der Waals surface area contributed by atoms with Crippen LogP contribution in [0.15, 0.2) is 18.2 Å². The summed E-state index contributed by atoms with van der Waals surface area (Å²) >= 11 is 0. The third kappa shape index (κ3) is 3.31. The Hall–Kier alpha value is -1.84. The van der Waals surface area contributed by atoms with E-state index in [4.69, 9.17) is 5.11 Å². The van der Waals surface area contributed by atoms with Crippen molar-refractivity contribution in [3.63, 3.8) is 0 Å². The molecule has 1 amide bonds. The Morgan fingerprint density at radius 1 is 1.24 bits per heavy atom. The van der Waals surface area contributed by atoms with Crippen LogP contribution in [0.2, 0.25) is 0 Å². The first kappa shape index (κ1) is 13.2. The summed E-state index contributed by atoms with van der Waals surface area (Å²) in [5.74, 6) is -2.50. The van der Waals surface area contributed by atoms with Gasteiger partial charge in [-0.2, -0.15) is 0 Å². The summed E-state index contributed by atoms with van der Waals surface area (Å²) in [6.07, 6.45) is 0. The highest BCUT2D eigenvalue weighted by Crippen LogP contribution is 2.26. The number of hydrogen-bond acceptors (Lipinski definition) is 2. The van der Waals surface area contributed by atoms with Crippen molar-refractivity contribution in [2.45, 2.75) is 33.1 Å². The van der Waals surface area contributed by atoms with Gasteiger partial charge >= 0.3 is 11.9 Å². The molecule has 1 rings (SSSR count). The van der Waals surface area contributed by atoms with Gasteiger partial charge in [0.05, 0.1) is 0 Å². The molecule has 4 heteroatoms. The molecular formula is C13H17NO3. The molecule has 92 valence electrons. The quantitative estimate of drug-likeness (QED) is 0.734. The lowest BCUT2D eigenvalue weighted by atomic mass is 9.86. The number of carboxylic acids is 1. The number of aryl methyl sites for hydroxylation is 1. The molecule has 1 aromatic rings. The molecule has 0 unspecified atom stereocenters. The van der Waals surface area contributed by atoms with Crippen molar-refractivity contribution < 1.29 is 14.7 Å². The van der Waals surface area contributed by atoms with Gasteiger partial charge in [-0.15, -0.1) is 0 Å². The summed E-state index contributed by atoms with van der Waals surface area (Å²) in [7, 11) is 0. The average molecular weight is 235 g/mol. The average Bonchev–Trinajstić information content (AvgIpc) is 2.19. The molecule has 0 fully saturated rings. The van der Waals surface area contributed by atoms with Crippen LogP contribution < -0.4 is 5.32 Å². The number of carbonyl (C=O) groups excluding carboxylic acids is 1. The zero-order chi connectivity index (χ0) is 13.2. The van der Waals surface area contributed by atoms with Gasteiger partial charge in [-0.05, 0) is 29.5 Å². The Morgan fingerprint density at radius 3 is 2.29 bits per heavy atom. The fourth-order valence-corrected chi connectivity index (χ4v) is 1.40. The smallest absolute Gasteiger partial charge is 0.394 e. The van der Waals surface area contributed by atoms with E-state index in [1.54, 1.807) is 0 Å². The lowest BCUT2D eigenvalue weighted by molar-refractivity contribution is -0.147. The van der Waals surface area contributed by atoms with E-state index < -0.39 is 11.9 Å². The molecule has 0 saturated carbocycles. The third-order valence-corrected chi connectivity index (χ3v) is 2.55. The lowest BCUT2D eigenvalue weighted by Gasteiger charge is -2.20. The molecule has 0 bridgehead atoms. The Kier molecular flexibility index (Phi) is 3.56. The van der Waals surface area contributed by atoms with Crippen molar-refractivity contribution in [1.82, 2.24) is 0 Å². The van der Waals surface area contributed by atoms with Gasteiger partial charge in [0.2, 0.25) is 0 Å². The van der Waals surface area contributed by atoms with Crippen LogP contribution >= 0.6 is 0 Å². The minimum atomic E-state index is -1.48. The highest BCUT2D eigenvalue weighted by Gasteiger charge is 2.17. The summed E-state index contributed by atoms with van der Waals surface area (Å²) < 4.78 is 0. The second-order valence-electron chi connectivity index (χ2n) is 5.04. The molecule has 0 heterocycles. The van der Waals surface area contributed by atoms with E-state index in [1.165, 1.54) is 0 Å². The minimum Gasteiger partial charge on any atom is -0.474 e. The lowest BCUT2D eigenvalue weighted by Crippen LogP contribution is -2.22. The Balaban J connectivity index is 3.07. The van der Waals surface area contributed by atoms with Crippen LogP contribution in [0.4, 0.5) is 5.69 Å². The summed E-state index contributed by atoms with van der Waals surface area (Å²) in [4.78, 5) is 21.6. The SMILES string of the molecule is Cc1ccc(C(C)(C)C)cc1NC(=O)C(=O)O. The Morgan fingerprint density at radius 2 is 1.82 bits per heavy atom. The Bertz CT molecular complexity index is 458. The van der Waals surface area contributed by atoms with E-state index in [0.29, 0.717) is 5.69 Å². The molecule has 1 aromatic carbocycles. The second kappa shape index (κ2) is 4.57. The highest BCUT2D eigenvalue weighted by atomic mass is 16.4. The molecule has 0 aromatic heterocycles. The van der Waals surface area contributed by atoms with Gasteiger partial charge in [-0.25, -0.2) is 4.79 Å². The molecule has 0 radical (unpaired) electrons. The van der Waals surface area contributed by atoms with E-state index >= 15 is 0 Å². The van der Waals surface area contributed by atoms with E-state index in [-0.39, 0.29) is 5.41 Å². The van der Waals surface area contributed by atoms with E-state index in [2.05, 4.69) is 26.1 Å². The predicted molar refractivity (Wildman–Crippen MR) is 66.1 cm³/mol. The van der Waals surface area contributed by atoms with E-state index in [1.807, 2.05) is 25.1 Å². The first-order valence-corrected chi connectivity index (χ1v) is 5.37. The largest absolute Gasteiger partial charge is 0.474 e. The fourth-order valence-electron chi connectivity index (χ4n) is 1.40. The van der Waals surface area contributed by atoms with Gasteiger partial charge in [0.15, 0.2) is 0 Å². The maximum atomic E-state index is 11.1. The van der Waals surface area contributed by atoms with Crippen LogP contribution in [-0.4, -0.2) is 17.0 Å². The van der Waals surface area contributed by atoms with E-state index in [0.717, 1.165) is 11.1 Å². The zero-order valence-electron chi connectivity index (χ0n) is 10.5. The van der Waals surface area contributed by atoms with Crippen LogP contribution in [0.25, 0.3) is 0 Å². The first-order valence-electron chi connectivity index (χ1n) is 5.37. The first-order chi connectivity index (χ1) is 7.71. The van der Waals surface area contributed by atoms with Crippen LogP contribution in [-0.2, 0) is 15.0 Å². The van der Waals surface area contributed by atoms with Crippen molar-refractivity contribution in [2.75, 3.05) is 5.32 Å². The monoisotopic (exact) mass is 235 g/mol. The third-order valence-electron chi connectivity index (χ3n) is 2.55. The summed E-state index contributed by atoms with van der Waals surface area (Å²) in [5.41, 5.74) is 2.39. The number of nitrogens with one attached hydrogen (secondary N) is 1. The molecular weight excluding hydrogens is 218 g/mol. The number of anilines is 1. The Labute approximate surface area is 101 Å². The number of carbonyl (C=O) groups is 2. The number of rotatable bonds is 1. The summed E-state index contributed by atoms with van der Waals surface area (Å²) in [5, 5.41) is 10.9. The van der Waals surface area contributed by atoms with Gasteiger partial charge in [0, 0.05) is 5.69 Å². The topological polar surface area (TPSA) is 66.4 Å². The molecule has 0 saturated heterocycles. The zero-order valence-corrected chi connectivity index (χ0v) is 10.5. The molecule has 0 aliphatic heterocycles. The number of amides is 1. The summed E-state index contributed by atoms with van der Waals surface area (Å²) in [6, 6.07) is 5.67. The molecule has 0 spiro atoms. The molecule has 0 atom stereocenters. The fraction of sp³-hybridized carbons (Fsp3) is 0.385. The minimum absolute atomic E-state index is 0.0452. The molecule has 0 aliphatic carbocycles. The van der Waals surface area contributed by atoms with Crippen LogP contribution in [0.3, 0.4) is 0 Å². The number of hydrogen-bond donors (Lipinski definition) is 2. The molecule has 2 N–H and O–H groups in total. The van der Waals surface area contributed by atoms with Gasteiger partial charge in [0.25, 0.3) is 0 Å². The summed E-state index contributed by atoms with van der Waals surface area (Å²) in [6.45, 7) is 7.99. The predicted octanol–water partition coefficient (Wildman–Crippen LogP) is 2.32. The molecule has 0 aliphatic rings. The van der Waals surface area contributed by atoms with E-state index in [9.17, 15) is 9.59 Å².